The first-order valence-electron chi connectivity index (χ1n) is 7.37. The van der Waals surface area contributed by atoms with Crippen LogP contribution in [0, 0.1) is 0 Å². The zero-order valence-electron chi connectivity index (χ0n) is 14.0. The minimum absolute atomic E-state index is 0.109. The number of hydrogen-bond acceptors (Lipinski definition) is 5. The molecule has 11 heteroatoms. The van der Waals surface area contributed by atoms with Crippen LogP contribution in [0.1, 0.15) is 24.3 Å². The number of alkyl halides is 3. The molecular weight excluding hydrogens is 379 g/mol. The lowest BCUT2D eigenvalue weighted by molar-refractivity contribution is -0.190. The van der Waals surface area contributed by atoms with E-state index < -0.39 is 18.2 Å². The summed E-state index contributed by atoms with van der Waals surface area (Å²) in [5, 5.41) is 12.9. The number of hydrogen-bond donors (Lipinski definition) is 1. The van der Waals surface area contributed by atoms with Crippen LogP contribution in [-0.4, -0.2) is 45.2 Å². The molecule has 2 aromatic heterocycles. The van der Waals surface area contributed by atoms with Crippen LogP contribution in [0.3, 0.4) is 0 Å². The van der Waals surface area contributed by atoms with Crippen molar-refractivity contribution in [1.29, 1.82) is 0 Å². The second-order valence-electron chi connectivity index (χ2n) is 5.16. The van der Waals surface area contributed by atoms with E-state index in [0.717, 1.165) is 6.92 Å². The molecule has 2 rings (SSSR count). The maximum absolute atomic E-state index is 12.6. The van der Waals surface area contributed by atoms with Gasteiger partial charge in [-0.15, -0.1) is 0 Å². The van der Waals surface area contributed by atoms with Crippen molar-refractivity contribution in [2.45, 2.75) is 32.7 Å². The van der Waals surface area contributed by atoms with E-state index in [0.29, 0.717) is 6.54 Å². The van der Waals surface area contributed by atoms with E-state index in [1.165, 1.54) is 24.1 Å². The predicted octanol–water partition coefficient (Wildman–Crippen LogP) is 3.65. The Bertz CT molecular complexity index is 823. The molecule has 0 unspecified atom stereocenters. The Morgan fingerprint density at radius 1 is 1.46 bits per heavy atom. The monoisotopic (exact) mass is 393 g/mol. The van der Waals surface area contributed by atoms with Gasteiger partial charge in [0.25, 0.3) is 0 Å². The summed E-state index contributed by atoms with van der Waals surface area (Å²) in [4.78, 5) is 15.1. The summed E-state index contributed by atoms with van der Waals surface area (Å²) in [7, 11) is 1.30. The topological polar surface area (TPSA) is 86.5 Å². The second-order valence-corrected chi connectivity index (χ2v) is 5.53. The van der Waals surface area contributed by atoms with Gasteiger partial charge in [0.15, 0.2) is 11.8 Å². The van der Waals surface area contributed by atoms with E-state index in [9.17, 15) is 18.0 Å². The molecule has 0 spiro atoms. The average molecular weight is 394 g/mol. The largest absolute Gasteiger partial charge is 0.496 e. The number of carboxylic acid groups (broad SMARTS) is 1. The van der Waals surface area contributed by atoms with Crippen molar-refractivity contribution in [3.63, 3.8) is 0 Å². The fourth-order valence-electron chi connectivity index (χ4n) is 2.14. The van der Waals surface area contributed by atoms with Crippen molar-refractivity contribution in [1.82, 2.24) is 14.8 Å². The van der Waals surface area contributed by atoms with E-state index >= 15 is 0 Å². The molecule has 0 saturated heterocycles. The van der Waals surface area contributed by atoms with Crippen LogP contribution < -0.4 is 9.47 Å². The molecule has 142 valence electrons. The number of aromatic nitrogens is 3. The highest BCUT2D eigenvalue weighted by Gasteiger charge is 2.38. The Balaban J connectivity index is 2.50. The van der Waals surface area contributed by atoms with Gasteiger partial charge in [0.1, 0.15) is 10.8 Å². The van der Waals surface area contributed by atoms with Gasteiger partial charge in [-0.2, -0.15) is 18.3 Å². The second kappa shape index (κ2) is 7.40. The minimum Gasteiger partial charge on any atom is -0.496 e. The molecule has 0 amide bonds. The number of halogens is 4. The normalized spacial score (nSPS) is 12.7. The first-order chi connectivity index (χ1) is 12.1. The highest BCUT2D eigenvalue weighted by atomic mass is 35.5. The summed E-state index contributed by atoms with van der Waals surface area (Å²) in [6.45, 7) is 2.87. The van der Waals surface area contributed by atoms with E-state index in [1.807, 2.05) is 0 Å². The lowest BCUT2D eigenvalue weighted by Gasteiger charge is -2.18. The van der Waals surface area contributed by atoms with Crippen molar-refractivity contribution in [2.75, 3.05) is 7.11 Å². The van der Waals surface area contributed by atoms with Gasteiger partial charge in [-0.05, 0) is 13.8 Å². The molecule has 0 aliphatic carbocycles. The third-order valence-corrected chi connectivity index (χ3v) is 3.83. The molecule has 2 heterocycles. The SMILES string of the molecule is CCn1nc(C(=O)O)c(Cl)c1-c1cnc(O[C@@H](C)C(F)(F)F)cc1OC. The maximum atomic E-state index is 12.6. The molecule has 0 bridgehead atoms. The highest BCUT2D eigenvalue weighted by Crippen LogP contribution is 2.38. The van der Waals surface area contributed by atoms with Gasteiger partial charge in [-0.3, -0.25) is 4.68 Å². The molecule has 0 fully saturated rings. The highest BCUT2D eigenvalue weighted by molar-refractivity contribution is 6.35. The summed E-state index contributed by atoms with van der Waals surface area (Å²) in [6.07, 6.45) is -5.42. The summed E-state index contributed by atoms with van der Waals surface area (Å²) in [5.74, 6) is -1.50. The first kappa shape index (κ1) is 19.8. The zero-order valence-corrected chi connectivity index (χ0v) is 14.7. The van der Waals surface area contributed by atoms with Crippen molar-refractivity contribution < 1.29 is 32.5 Å². The molecule has 2 aromatic rings. The number of methoxy groups -OCH3 is 1. The van der Waals surface area contributed by atoms with E-state index in [1.54, 1.807) is 6.92 Å². The van der Waals surface area contributed by atoms with Crippen LogP contribution in [-0.2, 0) is 6.54 Å². The Morgan fingerprint density at radius 2 is 2.12 bits per heavy atom. The van der Waals surface area contributed by atoms with Gasteiger partial charge in [0.2, 0.25) is 5.88 Å². The lowest BCUT2D eigenvalue weighted by Crippen LogP contribution is -2.31. The van der Waals surface area contributed by atoms with E-state index in [2.05, 4.69) is 10.1 Å². The van der Waals surface area contributed by atoms with E-state index in [-0.39, 0.29) is 33.6 Å². The number of aryl methyl sites for hydroxylation is 1. The average Bonchev–Trinajstić information content (AvgIpc) is 2.90. The fourth-order valence-corrected chi connectivity index (χ4v) is 2.46. The Labute approximate surface area is 151 Å². The molecule has 0 saturated carbocycles. The van der Waals surface area contributed by atoms with Crippen molar-refractivity contribution in [3.05, 3.63) is 23.0 Å². The lowest BCUT2D eigenvalue weighted by atomic mass is 10.1. The van der Waals surface area contributed by atoms with Crippen LogP contribution in [0.15, 0.2) is 12.3 Å². The number of carboxylic acids is 1. The van der Waals surface area contributed by atoms with E-state index in [4.69, 9.17) is 26.2 Å². The molecule has 7 nitrogen and oxygen atoms in total. The van der Waals surface area contributed by atoms with Crippen LogP contribution in [0.4, 0.5) is 13.2 Å². The molecule has 0 aliphatic heterocycles. The third kappa shape index (κ3) is 3.85. The van der Waals surface area contributed by atoms with Crippen LogP contribution >= 0.6 is 11.6 Å². The molecule has 0 aliphatic rings. The summed E-state index contributed by atoms with van der Waals surface area (Å²) in [6, 6.07) is 1.17. The number of ether oxygens (including phenoxy) is 2. The van der Waals surface area contributed by atoms with Gasteiger partial charge in [0, 0.05) is 18.8 Å². The molecule has 0 aromatic carbocycles. The Morgan fingerprint density at radius 3 is 2.62 bits per heavy atom. The van der Waals surface area contributed by atoms with Gasteiger partial charge in [-0.1, -0.05) is 11.6 Å². The van der Waals surface area contributed by atoms with Crippen LogP contribution in [0.5, 0.6) is 11.6 Å². The summed E-state index contributed by atoms with van der Waals surface area (Å²) < 4.78 is 49.2. The van der Waals surface area contributed by atoms with Crippen LogP contribution in [0.2, 0.25) is 5.02 Å². The summed E-state index contributed by atoms with van der Waals surface area (Å²) in [5.41, 5.74) is 0.147. The fraction of sp³-hybridized carbons (Fsp3) is 0.400. The molecule has 1 atom stereocenters. The minimum atomic E-state index is -4.55. The predicted molar refractivity (Wildman–Crippen MR) is 85.8 cm³/mol. The molecule has 0 radical (unpaired) electrons. The van der Waals surface area contributed by atoms with Crippen molar-refractivity contribution in [2.24, 2.45) is 0 Å². The first-order valence-corrected chi connectivity index (χ1v) is 7.75. The smallest absolute Gasteiger partial charge is 0.425 e. The van der Waals surface area contributed by atoms with Gasteiger partial charge in [0.05, 0.1) is 18.4 Å². The number of aromatic carboxylic acids is 1. The number of pyridine rings is 1. The number of carbonyl (C=O) groups is 1. The van der Waals surface area contributed by atoms with Crippen molar-refractivity contribution in [3.8, 4) is 22.9 Å². The maximum Gasteiger partial charge on any atom is 0.425 e. The standard InChI is InChI=1S/C15H15ClF3N3O4/c1-4-22-13(11(16)12(21-22)14(23)24)8-6-20-10(5-9(8)25-3)26-7(2)15(17,18)19/h5-7H,4H2,1-3H3,(H,23,24)/t7-/m0/s1. The van der Waals surface area contributed by atoms with Gasteiger partial charge < -0.3 is 14.6 Å². The molecular formula is C15H15ClF3N3O4. The zero-order chi connectivity index (χ0) is 19.6. The van der Waals surface area contributed by atoms with Crippen molar-refractivity contribution >= 4 is 17.6 Å². The molecule has 26 heavy (non-hydrogen) atoms. The van der Waals surface area contributed by atoms with Gasteiger partial charge in [-0.25, -0.2) is 9.78 Å². The quantitative estimate of drug-likeness (QED) is 0.806. The Kier molecular flexibility index (Phi) is 5.65. The number of nitrogens with zero attached hydrogens (tertiary/aromatic N) is 3. The third-order valence-electron chi connectivity index (χ3n) is 3.47. The van der Waals surface area contributed by atoms with Crippen LogP contribution in [0.25, 0.3) is 11.3 Å². The number of rotatable bonds is 6. The van der Waals surface area contributed by atoms with Gasteiger partial charge >= 0.3 is 12.1 Å². The summed E-state index contributed by atoms with van der Waals surface area (Å²) >= 11 is 6.12. The molecule has 1 N–H and O–H groups in total. The Hall–Kier alpha value is -2.49.